The molecule has 1 amide bonds. The van der Waals surface area contributed by atoms with Gasteiger partial charge in [-0.3, -0.25) is 4.79 Å². The van der Waals surface area contributed by atoms with Crippen LogP contribution < -0.4 is 0 Å². The van der Waals surface area contributed by atoms with Crippen LogP contribution in [0.1, 0.15) is 47.7 Å². The molecule has 9 heteroatoms. The summed E-state index contributed by atoms with van der Waals surface area (Å²) < 4.78 is 65.7. The first-order chi connectivity index (χ1) is 14.5. The fourth-order valence-electron chi connectivity index (χ4n) is 3.72. The Hall–Kier alpha value is -2.39. The molecule has 0 radical (unpaired) electrons. The maximum absolute atomic E-state index is 13.1. The first-order valence-electron chi connectivity index (χ1n) is 10.0. The second-order valence-corrected chi connectivity index (χ2v) is 9.73. The standard InChI is InChI=1S/C22H25F3N2O3S/c1-16-6-3-4-13-27(16)31(29,30)20-8-5-7-18(14-20)21(28)26(2)15-17-9-11-19(12-10-17)22(23,24)25/h5,7-12,14,16H,3-4,6,13,15H2,1-2H3. The minimum Gasteiger partial charge on any atom is -0.337 e. The number of piperidine rings is 1. The second kappa shape index (κ2) is 9.00. The fraction of sp³-hybridized carbons (Fsp3) is 0.409. The highest BCUT2D eigenvalue weighted by Crippen LogP contribution is 2.29. The van der Waals surface area contributed by atoms with Gasteiger partial charge in [-0.25, -0.2) is 8.42 Å². The van der Waals surface area contributed by atoms with Gasteiger partial charge in [-0.15, -0.1) is 0 Å². The minimum absolute atomic E-state index is 0.0648. The Morgan fingerprint density at radius 2 is 1.81 bits per heavy atom. The number of alkyl halides is 3. The quantitative estimate of drug-likeness (QED) is 0.667. The lowest BCUT2D eigenvalue weighted by molar-refractivity contribution is -0.137. The van der Waals surface area contributed by atoms with E-state index in [0.29, 0.717) is 12.1 Å². The van der Waals surface area contributed by atoms with Crippen molar-refractivity contribution < 1.29 is 26.4 Å². The van der Waals surface area contributed by atoms with Gasteiger partial charge in [0.15, 0.2) is 0 Å². The van der Waals surface area contributed by atoms with E-state index in [0.717, 1.165) is 31.4 Å². The van der Waals surface area contributed by atoms with Crippen molar-refractivity contribution in [2.75, 3.05) is 13.6 Å². The highest BCUT2D eigenvalue weighted by molar-refractivity contribution is 7.89. The van der Waals surface area contributed by atoms with Crippen LogP contribution >= 0.6 is 0 Å². The number of carbonyl (C=O) groups excluding carboxylic acids is 1. The minimum atomic E-state index is -4.42. The van der Waals surface area contributed by atoms with Gasteiger partial charge in [0, 0.05) is 31.7 Å². The zero-order valence-electron chi connectivity index (χ0n) is 17.4. The van der Waals surface area contributed by atoms with Crippen molar-refractivity contribution in [1.82, 2.24) is 9.21 Å². The SMILES string of the molecule is CC1CCCCN1S(=O)(=O)c1cccc(C(=O)N(C)Cc2ccc(C(F)(F)F)cc2)c1. The van der Waals surface area contributed by atoms with Crippen molar-refractivity contribution in [2.24, 2.45) is 0 Å². The number of amides is 1. The molecule has 2 aromatic carbocycles. The van der Waals surface area contributed by atoms with Crippen LogP contribution in [0.5, 0.6) is 0 Å². The van der Waals surface area contributed by atoms with Crippen molar-refractivity contribution in [2.45, 2.75) is 49.8 Å². The average molecular weight is 455 g/mol. The first-order valence-corrected chi connectivity index (χ1v) is 11.5. The van der Waals surface area contributed by atoms with Gasteiger partial charge in [0.1, 0.15) is 0 Å². The van der Waals surface area contributed by atoms with Crippen LogP contribution in [-0.4, -0.2) is 43.2 Å². The summed E-state index contributed by atoms with van der Waals surface area (Å²) in [4.78, 5) is 14.2. The van der Waals surface area contributed by atoms with E-state index in [-0.39, 0.29) is 23.0 Å². The van der Waals surface area contributed by atoms with E-state index in [1.54, 1.807) is 0 Å². The molecule has 3 rings (SSSR count). The predicted molar refractivity (Wildman–Crippen MR) is 111 cm³/mol. The maximum Gasteiger partial charge on any atom is 0.416 e. The molecule has 0 N–H and O–H groups in total. The summed E-state index contributed by atoms with van der Waals surface area (Å²) in [6.07, 6.45) is -1.83. The average Bonchev–Trinajstić information content (AvgIpc) is 2.73. The van der Waals surface area contributed by atoms with Crippen LogP contribution in [0.4, 0.5) is 13.2 Å². The number of rotatable bonds is 5. The summed E-state index contributed by atoms with van der Waals surface area (Å²) in [5.41, 5.74) is -0.00926. The van der Waals surface area contributed by atoms with Gasteiger partial charge in [-0.1, -0.05) is 24.6 Å². The molecular weight excluding hydrogens is 429 g/mol. The Morgan fingerprint density at radius 3 is 2.42 bits per heavy atom. The normalized spacial score (nSPS) is 18.0. The number of hydrogen-bond acceptors (Lipinski definition) is 3. The van der Waals surface area contributed by atoms with Crippen molar-refractivity contribution >= 4 is 15.9 Å². The Morgan fingerprint density at radius 1 is 1.13 bits per heavy atom. The third-order valence-electron chi connectivity index (χ3n) is 5.48. The van der Waals surface area contributed by atoms with Crippen molar-refractivity contribution in [1.29, 1.82) is 0 Å². The van der Waals surface area contributed by atoms with Crippen LogP contribution in [0.3, 0.4) is 0 Å². The number of benzene rings is 2. The van der Waals surface area contributed by atoms with Gasteiger partial charge in [0.05, 0.1) is 10.5 Å². The summed E-state index contributed by atoms with van der Waals surface area (Å²) in [5, 5.41) is 0. The highest BCUT2D eigenvalue weighted by Gasteiger charge is 2.32. The molecule has 31 heavy (non-hydrogen) atoms. The molecule has 1 atom stereocenters. The van der Waals surface area contributed by atoms with Gasteiger partial charge < -0.3 is 4.90 Å². The number of halogens is 3. The number of sulfonamides is 1. The molecule has 1 aliphatic heterocycles. The Balaban J connectivity index is 1.76. The molecule has 0 aliphatic carbocycles. The molecule has 1 heterocycles. The van der Waals surface area contributed by atoms with E-state index in [9.17, 15) is 26.4 Å². The van der Waals surface area contributed by atoms with Gasteiger partial charge >= 0.3 is 6.18 Å². The lowest BCUT2D eigenvalue weighted by Crippen LogP contribution is -2.42. The molecule has 168 valence electrons. The Kier molecular flexibility index (Phi) is 6.76. The largest absolute Gasteiger partial charge is 0.416 e. The third kappa shape index (κ3) is 5.27. The van der Waals surface area contributed by atoms with E-state index >= 15 is 0 Å². The molecule has 2 aromatic rings. The molecule has 0 bridgehead atoms. The number of hydrogen-bond donors (Lipinski definition) is 0. The molecule has 1 unspecified atom stereocenters. The topological polar surface area (TPSA) is 57.7 Å². The van der Waals surface area contributed by atoms with Gasteiger partial charge in [0.25, 0.3) is 5.91 Å². The van der Waals surface area contributed by atoms with E-state index in [4.69, 9.17) is 0 Å². The molecule has 1 fully saturated rings. The van der Waals surface area contributed by atoms with E-state index in [1.165, 1.54) is 52.7 Å². The van der Waals surface area contributed by atoms with Crippen LogP contribution in [0, 0.1) is 0 Å². The summed E-state index contributed by atoms with van der Waals surface area (Å²) in [7, 11) is -2.19. The van der Waals surface area contributed by atoms with E-state index in [2.05, 4.69) is 0 Å². The van der Waals surface area contributed by atoms with Crippen LogP contribution in [0.15, 0.2) is 53.4 Å². The molecule has 0 saturated carbocycles. The van der Waals surface area contributed by atoms with Crippen LogP contribution in [0.2, 0.25) is 0 Å². The fourth-order valence-corrected chi connectivity index (χ4v) is 5.46. The zero-order valence-corrected chi connectivity index (χ0v) is 18.2. The maximum atomic E-state index is 13.1. The summed E-state index contributed by atoms with van der Waals surface area (Å²) in [6.45, 7) is 2.43. The van der Waals surface area contributed by atoms with Gasteiger partial charge in [-0.2, -0.15) is 17.5 Å². The number of carbonyl (C=O) groups is 1. The Bertz CT molecular complexity index is 1040. The lowest BCUT2D eigenvalue weighted by atomic mass is 10.1. The highest BCUT2D eigenvalue weighted by atomic mass is 32.2. The number of nitrogens with zero attached hydrogens (tertiary/aromatic N) is 2. The summed E-state index contributed by atoms with van der Waals surface area (Å²) in [6, 6.07) is 10.4. The van der Waals surface area contributed by atoms with E-state index < -0.39 is 27.7 Å². The molecule has 1 aliphatic rings. The molecule has 5 nitrogen and oxygen atoms in total. The van der Waals surface area contributed by atoms with Crippen LogP contribution in [-0.2, 0) is 22.7 Å². The molecule has 0 spiro atoms. The summed E-state index contributed by atoms with van der Waals surface area (Å²) >= 11 is 0. The van der Waals surface area contributed by atoms with Gasteiger partial charge in [0.2, 0.25) is 10.0 Å². The van der Waals surface area contributed by atoms with E-state index in [1.807, 2.05) is 6.92 Å². The lowest BCUT2D eigenvalue weighted by Gasteiger charge is -2.32. The predicted octanol–water partition coefficient (Wildman–Crippen LogP) is 4.54. The molecular formula is C22H25F3N2O3S. The molecule has 0 aromatic heterocycles. The van der Waals surface area contributed by atoms with Crippen molar-refractivity contribution in [3.05, 3.63) is 65.2 Å². The Labute approximate surface area is 180 Å². The smallest absolute Gasteiger partial charge is 0.337 e. The second-order valence-electron chi connectivity index (χ2n) is 7.84. The first kappa shape index (κ1) is 23.3. The third-order valence-corrected chi connectivity index (χ3v) is 7.49. The monoisotopic (exact) mass is 454 g/mol. The van der Waals surface area contributed by atoms with Crippen molar-refractivity contribution in [3.63, 3.8) is 0 Å². The van der Waals surface area contributed by atoms with Crippen molar-refractivity contribution in [3.8, 4) is 0 Å². The summed E-state index contributed by atoms with van der Waals surface area (Å²) in [5.74, 6) is -0.413. The van der Waals surface area contributed by atoms with Gasteiger partial charge in [-0.05, 0) is 55.7 Å². The zero-order chi connectivity index (χ0) is 22.8. The van der Waals surface area contributed by atoms with Crippen LogP contribution in [0.25, 0.3) is 0 Å². The molecule has 1 saturated heterocycles.